The molecule has 0 spiro atoms. The van der Waals surface area contributed by atoms with Crippen LogP contribution in [0.1, 0.15) is 38.3 Å². The molecular formula is C15H24N2O. The molecule has 1 aliphatic rings. The summed E-state index contributed by atoms with van der Waals surface area (Å²) in [4.78, 5) is 2.38. The van der Waals surface area contributed by atoms with Gasteiger partial charge in [-0.3, -0.25) is 0 Å². The van der Waals surface area contributed by atoms with Gasteiger partial charge in [0.25, 0.3) is 0 Å². The molecule has 18 heavy (non-hydrogen) atoms. The first-order valence-corrected chi connectivity index (χ1v) is 6.92. The van der Waals surface area contributed by atoms with Crippen molar-refractivity contribution in [3.05, 3.63) is 29.8 Å². The molecule has 0 aliphatic carbocycles. The number of hydrogen-bond acceptors (Lipinski definition) is 3. The maximum atomic E-state index is 5.87. The van der Waals surface area contributed by atoms with Crippen molar-refractivity contribution >= 4 is 5.69 Å². The van der Waals surface area contributed by atoms with Gasteiger partial charge >= 0.3 is 0 Å². The summed E-state index contributed by atoms with van der Waals surface area (Å²) < 4.78 is 5.71. The normalized spacial score (nSPS) is 20.9. The van der Waals surface area contributed by atoms with Gasteiger partial charge in [-0.1, -0.05) is 12.1 Å². The third kappa shape index (κ3) is 3.24. The summed E-state index contributed by atoms with van der Waals surface area (Å²) in [5.41, 5.74) is 8.32. The van der Waals surface area contributed by atoms with E-state index in [1.54, 1.807) is 0 Å². The van der Waals surface area contributed by atoms with E-state index in [9.17, 15) is 0 Å². The second-order valence-corrected chi connectivity index (χ2v) is 5.05. The third-order valence-corrected chi connectivity index (χ3v) is 3.61. The molecule has 0 aromatic heterocycles. The molecule has 1 heterocycles. The van der Waals surface area contributed by atoms with Gasteiger partial charge in [-0.15, -0.1) is 0 Å². The monoisotopic (exact) mass is 248 g/mol. The highest BCUT2D eigenvalue weighted by Gasteiger charge is 2.18. The topological polar surface area (TPSA) is 38.5 Å². The number of ether oxygens (including phenoxy) is 1. The molecule has 1 saturated heterocycles. The van der Waals surface area contributed by atoms with Gasteiger partial charge in [0.1, 0.15) is 0 Å². The van der Waals surface area contributed by atoms with Crippen molar-refractivity contribution < 1.29 is 4.74 Å². The SMILES string of the molecule is CCN(CC1CCCO1)c1ccc(C(C)N)cc1. The van der Waals surface area contributed by atoms with Gasteiger partial charge in [-0.2, -0.15) is 0 Å². The van der Waals surface area contributed by atoms with E-state index in [0.717, 1.165) is 19.7 Å². The molecule has 2 rings (SSSR count). The predicted octanol–water partition coefficient (Wildman–Crippen LogP) is 2.71. The summed E-state index contributed by atoms with van der Waals surface area (Å²) in [5, 5.41) is 0. The fraction of sp³-hybridized carbons (Fsp3) is 0.600. The van der Waals surface area contributed by atoms with Crippen molar-refractivity contribution in [3.8, 4) is 0 Å². The lowest BCUT2D eigenvalue weighted by molar-refractivity contribution is 0.115. The number of anilines is 1. The summed E-state index contributed by atoms with van der Waals surface area (Å²) in [7, 11) is 0. The lowest BCUT2D eigenvalue weighted by Crippen LogP contribution is -2.31. The zero-order chi connectivity index (χ0) is 13.0. The van der Waals surface area contributed by atoms with Crippen LogP contribution in [0.5, 0.6) is 0 Å². The lowest BCUT2D eigenvalue weighted by atomic mass is 10.1. The fourth-order valence-corrected chi connectivity index (χ4v) is 2.44. The molecule has 1 aromatic rings. The molecule has 0 saturated carbocycles. The Labute approximate surface area is 110 Å². The summed E-state index contributed by atoms with van der Waals surface area (Å²) in [6.45, 7) is 7.13. The van der Waals surface area contributed by atoms with Gasteiger partial charge in [-0.25, -0.2) is 0 Å². The Morgan fingerprint density at radius 3 is 2.61 bits per heavy atom. The van der Waals surface area contributed by atoms with Crippen molar-refractivity contribution in [2.24, 2.45) is 5.73 Å². The highest BCUT2D eigenvalue weighted by molar-refractivity contribution is 5.48. The van der Waals surface area contributed by atoms with Gasteiger partial charge in [0.05, 0.1) is 6.10 Å². The Bertz CT molecular complexity index is 355. The Hall–Kier alpha value is -1.06. The van der Waals surface area contributed by atoms with Crippen LogP contribution in [0.15, 0.2) is 24.3 Å². The second kappa shape index (κ2) is 6.21. The van der Waals surface area contributed by atoms with Gasteiger partial charge in [0, 0.05) is 31.4 Å². The first-order valence-electron chi connectivity index (χ1n) is 6.92. The number of rotatable bonds is 5. The van der Waals surface area contributed by atoms with Crippen molar-refractivity contribution in [1.29, 1.82) is 0 Å². The van der Waals surface area contributed by atoms with Gasteiger partial charge in [-0.05, 0) is 44.4 Å². The average molecular weight is 248 g/mol. The number of nitrogens with zero attached hydrogens (tertiary/aromatic N) is 1. The fourth-order valence-electron chi connectivity index (χ4n) is 2.44. The molecule has 0 radical (unpaired) electrons. The van der Waals surface area contributed by atoms with Crippen LogP contribution in [0.3, 0.4) is 0 Å². The van der Waals surface area contributed by atoms with Crippen molar-refractivity contribution in [3.63, 3.8) is 0 Å². The molecule has 3 nitrogen and oxygen atoms in total. The number of benzene rings is 1. The van der Waals surface area contributed by atoms with Crippen LogP contribution >= 0.6 is 0 Å². The van der Waals surface area contributed by atoms with Crippen LogP contribution in [0.2, 0.25) is 0 Å². The summed E-state index contributed by atoms with van der Waals surface area (Å²) in [5.74, 6) is 0. The van der Waals surface area contributed by atoms with E-state index in [0.29, 0.717) is 6.10 Å². The molecule has 1 fully saturated rings. The molecule has 2 N–H and O–H groups in total. The molecule has 0 bridgehead atoms. The highest BCUT2D eigenvalue weighted by atomic mass is 16.5. The van der Waals surface area contributed by atoms with Crippen molar-refractivity contribution in [2.75, 3.05) is 24.6 Å². The first kappa shape index (κ1) is 13.4. The van der Waals surface area contributed by atoms with Crippen molar-refractivity contribution in [2.45, 2.75) is 38.8 Å². The Morgan fingerprint density at radius 2 is 2.11 bits per heavy atom. The molecular weight excluding hydrogens is 224 g/mol. The molecule has 1 aliphatic heterocycles. The molecule has 3 heteroatoms. The number of hydrogen-bond donors (Lipinski definition) is 1. The Balaban J connectivity index is 2.02. The minimum atomic E-state index is 0.104. The van der Waals surface area contributed by atoms with E-state index >= 15 is 0 Å². The summed E-state index contributed by atoms with van der Waals surface area (Å²) >= 11 is 0. The van der Waals surface area contributed by atoms with Crippen LogP contribution in [0, 0.1) is 0 Å². The van der Waals surface area contributed by atoms with Crippen LogP contribution in [-0.2, 0) is 4.74 Å². The lowest BCUT2D eigenvalue weighted by Gasteiger charge is -2.26. The smallest absolute Gasteiger partial charge is 0.0750 e. The van der Waals surface area contributed by atoms with E-state index in [2.05, 4.69) is 36.1 Å². The maximum Gasteiger partial charge on any atom is 0.0750 e. The summed E-state index contributed by atoms with van der Waals surface area (Å²) in [6.07, 6.45) is 2.79. The van der Waals surface area contributed by atoms with Crippen LogP contribution < -0.4 is 10.6 Å². The van der Waals surface area contributed by atoms with Crippen LogP contribution in [-0.4, -0.2) is 25.8 Å². The third-order valence-electron chi connectivity index (χ3n) is 3.61. The van der Waals surface area contributed by atoms with E-state index in [4.69, 9.17) is 10.5 Å². The van der Waals surface area contributed by atoms with E-state index in [1.807, 2.05) is 6.92 Å². The second-order valence-electron chi connectivity index (χ2n) is 5.05. The van der Waals surface area contributed by atoms with Crippen LogP contribution in [0.25, 0.3) is 0 Å². The maximum absolute atomic E-state index is 5.87. The summed E-state index contributed by atoms with van der Waals surface area (Å²) in [6, 6.07) is 8.68. The molecule has 100 valence electrons. The first-order chi connectivity index (χ1) is 8.70. The zero-order valence-electron chi connectivity index (χ0n) is 11.4. The number of likely N-dealkylation sites (N-methyl/N-ethyl adjacent to an activating group) is 1. The minimum Gasteiger partial charge on any atom is -0.376 e. The average Bonchev–Trinajstić information content (AvgIpc) is 2.89. The molecule has 1 aromatic carbocycles. The van der Waals surface area contributed by atoms with Gasteiger partial charge < -0.3 is 15.4 Å². The van der Waals surface area contributed by atoms with Crippen LogP contribution in [0.4, 0.5) is 5.69 Å². The molecule has 2 unspecified atom stereocenters. The Kier molecular flexibility index (Phi) is 4.61. The van der Waals surface area contributed by atoms with Crippen molar-refractivity contribution in [1.82, 2.24) is 0 Å². The standard InChI is InChI=1S/C15H24N2O/c1-3-17(11-15-5-4-10-18-15)14-8-6-13(7-9-14)12(2)16/h6-9,12,15H,3-5,10-11,16H2,1-2H3. The molecule has 2 atom stereocenters. The quantitative estimate of drug-likeness (QED) is 0.870. The Morgan fingerprint density at radius 1 is 1.39 bits per heavy atom. The largest absolute Gasteiger partial charge is 0.376 e. The minimum absolute atomic E-state index is 0.104. The highest BCUT2D eigenvalue weighted by Crippen LogP contribution is 2.21. The van der Waals surface area contributed by atoms with E-state index < -0.39 is 0 Å². The predicted molar refractivity (Wildman–Crippen MR) is 75.9 cm³/mol. The van der Waals surface area contributed by atoms with E-state index in [-0.39, 0.29) is 6.04 Å². The van der Waals surface area contributed by atoms with E-state index in [1.165, 1.54) is 24.1 Å². The zero-order valence-corrected chi connectivity index (χ0v) is 11.4. The number of nitrogens with two attached hydrogens (primary N) is 1. The van der Waals surface area contributed by atoms with Gasteiger partial charge in [0.15, 0.2) is 0 Å². The molecule has 0 amide bonds. The van der Waals surface area contributed by atoms with Gasteiger partial charge in [0.2, 0.25) is 0 Å².